The Hall–Kier alpha value is -2.43. The van der Waals surface area contributed by atoms with Crippen molar-refractivity contribution in [3.63, 3.8) is 0 Å². The molecule has 0 saturated heterocycles. The topological polar surface area (TPSA) is 78.0 Å². The van der Waals surface area contributed by atoms with Gasteiger partial charge in [0, 0.05) is 11.9 Å². The quantitative estimate of drug-likeness (QED) is 0.820. The molecule has 0 aliphatic heterocycles. The summed E-state index contributed by atoms with van der Waals surface area (Å²) in [6.45, 7) is 1.83. The molecule has 0 radical (unpaired) electrons. The number of hydrogen-bond donors (Lipinski definition) is 1. The first-order valence-corrected chi connectivity index (χ1v) is 5.05. The third-order valence-corrected chi connectivity index (χ3v) is 2.33. The van der Waals surface area contributed by atoms with E-state index in [0.717, 1.165) is 5.69 Å². The molecule has 2 aromatic heterocycles. The van der Waals surface area contributed by atoms with E-state index < -0.39 is 11.5 Å². The molecule has 0 fully saturated rings. The molecule has 1 amide bonds. The highest BCUT2D eigenvalue weighted by molar-refractivity contribution is 5.92. The summed E-state index contributed by atoms with van der Waals surface area (Å²) in [7, 11) is 0. The van der Waals surface area contributed by atoms with E-state index >= 15 is 0 Å². The van der Waals surface area contributed by atoms with Gasteiger partial charge in [0.15, 0.2) is 0 Å². The molecule has 0 aliphatic carbocycles. The summed E-state index contributed by atoms with van der Waals surface area (Å²) in [6.07, 6.45) is 1.55. The van der Waals surface area contributed by atoms with Gasteiger partial charge >= 0.3 is 0 Å². The Morgan fingerprint density at radius 2 is 2.06 bits per heavy atom. The summed E-state index contributed by atoms with van der Waals surface area (Å²) in [5.41, 5.74) is 5.40. The molecule has 0 bridgehead atoms. The maximum Gasteiger partial charge on any atom is 0.269 e. The van der Waals surface area contributed by atoms with Gasteiger partial charge in [-0.2, -0.15) is 0 Å². The van der Waals surface area contributed by atoms with Crippen LogP contribution in [-0.2, 0) is 0 Å². The van der Waals surface area contributed by atoms with Gasteiger partial charge in [-0.1, -0.05) is 6.07 Å². The van der Waals surface area contributed by atoms with Gasteiger partial charge in [-0.15, -0.1) is 0 Å². The van der Waals surface area contributed by atoms with E-state index in [1.807, 2.05) is 13.0 Å². The molecule has 0 spiro atoms. The lowest BCUT2D eigenvalue weighted by atomic mass is 10.2. The number of amides is 1. The average Bonchev–Trinajstić information content (AvgIpc) is 2.29. The van der Waals surface area contributed by atoms with Crippen LogP contribution in [0, 0.1) is 6.92 Å². The minimum Gasteiger partial charge on any atom is -0.365 e. The van der Waals surface area contributed by atoms with Crippen LogP contribution in [0.15, 0.2) is 41.3 Å². The van der Waals surface area contributed by atoms with Crippen molar-refractivity contribution in [2.75, 3.05) is 0 Å². The van der Waals surface area contributed by atoms with E-state index in [9.17, 15) is 9.59 Å². The normalized spacial score (nSPS) is 10.2. The summed E-state index contributed by atoms with van der Waals surface area (Å²) in [5, 5.41) is 0. The third kappa shape index (κ3) is 2.08. The lowest BCUT2D eigenvalue weighted by molar-refractivity contribution is 0.0998. The molecular formula is C12H11N3O2. The van der Waals surface area contributed by atoms with E-state index in [4.69, 9.17) is 5.73 Å². The van der Waals surface area contributed by atoms with Crippen LogP contribution < -0.4 is 11.3 Å². The van der Waals surface area contributed by atoms with E-state index in [1.165, 1.54) is 10.6 Å². The van der Waals surface area contributed by atoms with Gasteiger partial charge in [0.1, 0.15) is 11.4 Å². The number of nitrogens with zero attached hydrogens (tertiary/aromatic N) is 2. The molecule has 2 rings (SSSR count). The molecule has 0 saturated carbocycles. The summed E-state index contributed by atoms with van der Waals surface area (Å²) in [5.74, 6) is -0.268. The molecular weight excluding hydrogens is 218 g/mol. The molecule has 5 heteroatoms. The van der Waals surface area contributed by atoms with Gasteiger partial charge in [0.2, 0.25) is 0 Å². The van der Waals surface area contributed by atoms with Crippen LogP contribution in [0.3, 0.4) is 0 Å². The van der Waals surface area contributed by atoms with Gasteiger partial charge in [-0.05, 0) is 31.2 Å². The highest BCUT2D eigenvalue weighted by Gasteiger charge is 2.09. The van der Waals surface area contributed by atoms with Crippen LogP contribution in [0.5, 0.6) is 0 Å². The minimum atomic E-state index is -0.739. The number of carbonyl (C=O) groups excluding carboxylic acids is 1. The maximum atomic E-state index is 11.9. The largest absolute Gasteiger partial charge is 0.365 e. The number of rotatable bonds is 2. The molecule has 86 valence electrons. The summed E-state index contributed by atoms with van der Waals surface area (Å²) >= 11 is 0. The van der Waals surface area contributed by atoms with Crippen LogP contribution in [0.25, 0.3) is 5.82 Å². The second-order valence-corrected chi connectivity index (χ2v) is 3.60. The number of primary amides is 1. The summed E-state index contributed by atoms with van der Waals surface area (Å²) in [6, 6.07) is 8.30. The fraction of sp³-hybridized carbons (Fsp3) is 0.0833. The van der Waals surface area contributed by atoms with Crippen molar-refractivity contribution < 1.29 is 4.79 Å². The fourth-order valence-corrected chi connectivity index (χ4v) is 1.52. The Balaban J connectivity index is 2.65. The van der Waals surface area contributed by atoms with Crippen LogP contribution in [-0.4, -0.2) is 15.5 Å². The zero-order valence-corrected chi connectivity index (χ0v) is 9.25. The standard InChI is InChI=1S/C12H11N3O2/c1-8-4-2-6-10(14-8)15-7-3-5-9(11(13)16)12(15)17/h2-7H,1H3,(H2,13,16). The Morgan fingerprint density at radius 1 is 1.29 bits per heavy atom. The van der Waals surface area contributed by atoms with Crippen molar-refractivity contribution in [3.05, 3.63) is 58.1 Å². The SMILES string of the molecule is Cc1cccc(-n2cccc(C(N)=O)c2=O)n1. The maximum absolute atomic E-state index is 11.9. The Labute approximate surface area is 97.5 Å². The van der Waals surface area contributed by atoms with Crippen LogP contribution in [0.2, 0.25) is 0 Å². The Kier molecular flexibility index (Phi) is 2.74. The van der Waals surface area contributed by atoms with Crippen molar-refractivity contribution in [2.24, 2.45) is 5.73 Å². The predicted octanol–water partition coefficient (Wildman–Crippen LogP) is 0.640. The molecule has 17 heavy (non-hydrogen) atoms. The fourth-order valence-electron chi connectivity index (χ4n) is 1.52. The highest BCUT2D eigenvalue weighted by Crippen LogP contribution is 2.03. The Bertz CT molecular complexity index is 632. The van der Waals surface area contributed by atoms with E-state index in [2.05, 4.69) is 4.98 Å². The molecule has 2 N–H and O–H groups in total. The van der Waals surface area contributed by atoms with E-state index in [0.29, 0.717) is 5.82 Å². The molecule has 2 heterocycles. The first-order valence-electron chi connectivity index (χ1n) is 5.05. The monoisotopic (exact) mass is 229 g/mol. The van der Waals surface area contributed by atoms with E-state index in [-0.39, 0.29) is 5.56 Å². The zero-order valence-electron chi connectivity index (χ0n) is 9.25. The number of nitrogens with two attached hydrogens (primary N) is 1. The molecule has 0 atom stereocenters. The third-order valence-electron chi connectivity index (χ3n) is 2.33. The molecule has 5 nitrogen and oxygen atoms in total. The average molecular weight is 229 g/mol. The second kappa shape index (κ2) is 4.21. The van der Waals surface area contributed by atoms with Crippen molar-refractivity contribution in [1.29, 1.82) is 0 Å². The van der Waals surface area contributed by atoms with Gasteiger partial charge in [-0.25, -0.2) is 4.98 Å². The van der Waals surface area contributed by atoms with Crippen LogP contribution in [0.4, 0.5) is 0 Å². The number of carbonyl (C=O) groups is 1. The highest BCUT2D eigenvalue weighted by atomic mass is 16.2. The van der Waals surface area contributed by atoms with Crippen molar-refractivity contribution in [1.82, 2.24) is 9.55 Å². The van der Waals surface area contributed by atoms with E-state index in [1.54, 1.807) is 24.4 Å². The number of pyridine rings is 2. The van der Waals surface area contributed by atoms with Crippen molar-refractivity contribution >= 4 is 5.91 Å². The van der Waals surface area contributed by atoms with Crippen molar-refractivity contribution in [2.45, 2.75) is 6.92 Å². The Morgan fingerprint density at radius 3 is 2.71 bits per heavy atom. The lowest BCUT2D eigenvalue weighted by Gasteiger charge is -2.06. The predicted molar refractivity (Wildman–Crippen MR) is 63.1 cm³/mol. The summed E-state index contributed by atoms with van der Waals surface area (Å²) < 4.78 is 1.30. The van der Waals surface area contributed by atoms with Crippen LogP contribution in [0.1, 0.15) is 16.1 Å². The molecule has 0 aliphatic rings. The second-order valence-electron chi connectivity index (χ2n) is 3.60. The smallest absolute Gasteiger partial charge is 0.269 e. The minimum absolute atomic E-state index is 0.0455. The van der Waals surface area contributed by atoms with Gasteiger partial charge in [-0.3, -0.25) is 14.2 Å². The number of aryl methyl sites for hydroxylation is 1. The molecule has 0 aromatic carbocycles. The molecule has 0 unspecified atom stereocenters. The zero-order chi connectivity index (χ0) is 12.4. The van der Waals surface area contributed by atoms with Crippen LogP contribution >= 0.6 is 0 Å². The lowest BCUT2D eigenvalue weighted by Crippen LogP contribution is -2.28. The first-order chi connectivity index (χ1) is 8.09. The van der Waals surface area contributed by atoms with Gasteiger partial charge < -0.3 is 5.73 Å². The first kappa shape index (κ1) is 11.1. The van der Waals surface area contributed by atoms with Gasteiger partial charge in [0.05, 0.1) is 0 Å². The molecule has 2 aromatic rings. The van der Waals surface area contributed by atoms with Gasteiger partial charge in [0.25, 0.3) is 11.5 Å². The van der Waals surface area contributed by atoms with Crippen molar-refractivity contribution in [3.8, 4) is 5.82 Å². The number of hydrogen-bond acceptors (Lipinski definition) is 3. The number of aromatic nitrogens is 2. The summed E-state index contributed by atoms with van der Waals surface area (Å²) in [4.78, 5) is 27.2.